The summed E-state index contributed by atoms with van der Waals surface area (Å²) in [5.41, 5.74) is 1.81. The lowest BCUT2D eigenvalue weighted by Gasteiger charge is -2.26. The van der Waals surface area contributed by atoms with E-state index in [9.17, 15) is 4.79 Å². The molecular formula is C26H31NO5. The average Bonchev–Trinajstić information content (AvgIpc) is 2.80. The number of rotatable bonds is 9. The van der Waals surface area contributed by atoms with Crippen molar-refractivity contribution in [1.29, 1.82) is 0 Å². The fraction of sp³-hybridized carbons (Fsp3) is 0.423. The summed E-state index contributed by atoms with van der Waals surface area (Å²) in [7, 11) is 0. The number of hydrogen-bond donors (Lipinski definition) is 0. The Hall–Kier alpha value is -2.83. The molecule has 1 saturated heterocycles. The molecule has 1 aliphatic rings. The van der Waals surface area contributed by atoms with Gasteiger partial charge in [-0.3, -0.25) is 9.69 Å². The van der Waals surface area contributed by atoms with Gasteiger partial charge in [-0.1, -0.05) is 12.1 Å². The fourth-order valence-electron chi connectivity index (χ4n) is 3.84. The first-order chi connectivity index (χ1) is 15.6. The zero-order valence-electron chi connectivity index (χ0n) is 18.8. The van der Waals surface area contributed by atoms with E-state index in [0.29, 0.717) is 28.9 Å². The molecule has 4 rings (SSSR count). The molecule has 0 atom stereocenters. The minimum Gasteiger partial charge on any atom is -0.494 e. The second-order valence-electron chi connectivity index (χ2n) is 8.34. The summed E-state index contributed by atoms with van der Waals surface area (Å²) in [6, 6.07) is 12.9. The Bertz CT molecular complexity index is 1070. The van der Waals surface area contributed by atoms with Crippen LogP contribution in [0, 0.1) is 0 Å². The van der Waals surface area contributed by atoms with Gasteiger partial charge in [-0.2, -0.15) is 0 Å². The lowest BCUT2D eigenvalue weighted by molar-refractivity contribution is 0.0368. The quantitative estimate of drug-likeness (QED) is 0.451. The van der Waals surface area contributed by atoms with E-state index in [1.165, 1.54) is 6.26 Å². The molecular weight excluding hydrogens is 406 g/mol. The van der Waals surface area contributed by atoms with Crippen LogP contribution in [0.3, 0.4) is 0 Å². The van der Waals surface area contributed by atoms with Crippen molar-refractivity contribution in [3.05, 3.63) is 59.0 Å². The maximum absolute atomic E-state index is 13.0. The maximum Gasteiger partial charge on any atom is 0.200 e. The summed E-state index contributed by atoms with van der Waals surface area (Å²) in [5.74, 6) is 1.50. The van der Waals surface area contributed by atoms with Crippen molar-refractivity contribution in [2.45, 2.75) is 32.8 Å². The Kier molecular flexibility index (Phi) is 7.45. The SMILES string of the molecule is CC(C)Oc1ccc2c(=O)c(-c3ccc(OCCCCN4CCOCC4)cc3)coc2c1. The molecule has 0 radical (unpaired) electrons. The highest BCUT2D eigenvalue weighted by Crippen LogP contribution is 2.25. The molecule has 1 aromatic heterocycles. The summed E-state index contributed by atoms with van der Waals surface area (Å²) in [5, 5.41) is 0.541. The van der Waals surface area contributed by atoms with Crippen molar-refractivity contribution in [3.8, 4) is 22.6 Å². The topological polar surface area (TPSA) is 61.1 Å². The summed E-state index contributed by atoms with van der Waals surface area (Å²) >= 11 is 0. The Labute approximate surface area is 188 Å². The monoisotopic (exact) mass is 437 g/mol. The molecule has 32 heavy (non-hydrogen) atoms. The first kappa shape index (κ1) is 22.4. The average molecular weight is 438 g/mol. The van der Waals surface area contributed by atoms with Gasteiger partial charge >= 0.3 is 0 Å². The normalized spacial score (nSPS) is 14.7. The highest BCUT2D eigenvalue weighted by atomic mass is 16.5. The Balaban J connectivity index is 1.34. The third-order valence-corrected chi connectivity index (χ3v) is 5.52. The number of ether oxygens (including phenoxy) is 3. The van der Waals surface area contributed by atoms with Gasteiger partial charge in [0.1, 0.15) is 23.3 Å². The first-order valence-corrected chi connectivity index (χ1v) is 11.4. The van der Waals surface area contributed by atoms with Crippen LogP contribution >= 0.6 is 0 Å². The van der Waals surface area contributed by atoms with Crippen molar-refractivity contribution in [2.75, 3.05) is 39.5 Å². The van der Waals surface area contributed by atoms with Crippen LogP contribution in [0.4, 0.5) is 0 Å². The van der Waals surface area contributed by atoms with Crippen molar-refractivity contribution in [3.63, 3.8) is 0 Å². The largest absolute Gasteiger partial charge is 0.494 e. The molecule has 0 N–H and O–H groups in total. The van der Waals surface area contributed by atoms with Crippen LogP contribution in [0.1, 0.15) is 26.7 Å². The summed E-state index contributed by atoms with van der Waals surface area (Å²) in [6.45, 7) is 9.43. The molecule has 0 spiro atoms. The Morgan fingerprint density at radius 2 is 1.75 bits per heavy atom. The lowest BCUT2D eigenvalue weighted by Crippen LogP contribution is -2.36. The number of hydrogen-bond acceptors (Lipinski definition) is 6. The summed E-state index contributed by atoms with van der Waals surface area (Å²) in [6.07, 6.45) is 3.70. The van der Waals surface area contributed by atoms with Gasteiger partial charge in [0.2, 0.25) is 0 Å². The van der Waals surface area contributed by atoms with Crippen LogP contribution in [0.5, 0.6) is 11.5 Å². The van der Waals surface area contributed by atoms with E-state index in [1.807, 2.05) is 38.1 Å². The van der Waals surface area contributed by atoms with E-state index in [-0.39, 0.29) is 11.5 Å². The molecule has 0 unspecified atom stereocenters. The van der Waals surface area contributed by atoms with Crippen LogP contribution in [0.15, 0.2) is 57.9 Å². The number of unbranched alkanes of at least 4 members (excludes halogenated alkanes) is 1. The molecule has 6 nitrogen and oxygen atoms in total. The van der Waals surface area contributed by atoms with Crippen LogP contribution < -0.4 is 14.9 Å². The molecule has 1 fully saturated rings. The molecule has 0 aliphatic carbocycles. The Morgan fingerprint density at radius 3 is 2.50 bits per heavy atom. The van der Waals surface area contributed by atoms with E-state index in [1.54, 1.807) is 18.2 Å². The molecule has 2 aromatic carbocycles. The van der Waals surface area contributed by atoms with Crippen LogP contribution in [-0.4, -0.2) is 50.5 Å². The molecule has 1 aliphatic heterocycles. The smallest absolute Gasteiger partial charge is 0.200 e. The first-order valence-electron chi connectivity index (χ1n) is 11.4. The number of fused-ring (bicyclic) bond motifs is 1. The highest BCUT2D eigenvalue weighted by Gasteiger charge is 2.11. The predicted octanol–water partition coefficient (Wildman–Crippen LogP) is 4.74. The molecule has 2 heterocycles. The van der Waals surface area contributed by atoms with Gasteiger partial charge in [0.25, 0.3) is 0 Å². The van der Waals surface area contributed by atoms with Crippen molar-refractivity contribution in [1.82, 2.24) is 4.90 Å². The van der Waals surface area contributed by atoms with Crippen LogP contribution in [-0.2, 0) is 4.74 Å². The van der Waals surface area contributed by atoms with Crippen molar-refractivity contribution >= 4 is 11.0 Å². The van der Waals surface area contributed by atoms with Gasteiger partial charge in [-0.15, -0.1) is 0 Å². The second kappa shape index (κ2) is 10.7. The molecule has 170 valence electrons. The maximum atomic E-state index is 13.0. The van der Waals surface area contributed by atoms with Crippen molar-refractivity contribution in [2.24, 2.45) is 0 Å². The van der Waals surface area contributed by atoms with Crippen LogP contribution in [0.25, 0.3) is 22.1 Å². The lowest BCUT2D eigenvalue weighted by atomic mass is 10.1. The molecule has 6 heteroatoms. The van der Waals surface area contributed by atoms with E-state index >= 15 is 0 Å². The molecule has 0 amide bonds. The fourth-order valence-corrected chi connectivity index (χ4v) is 3.84. The molecule has 0 bridgehead atoms. The minimum atomic E-state index is -0.0564. The van der Waals surface area contributed by atoms with Gasteiger partial charge in [0.05, 0.1) is 36.9 Å². The number of morpholine rings is 1. The summed E-state index contributed by atoms with van der Waals surface area (Å²) in [4.78, 5) is 15.4. The van der Waals surface area contributed by atoms with Gasteiger partial charge in [0, 0.05) is 19.2 Å². The Morgan fingerprint density at radius 1 is 1.00 bits per heavy atom. The van der Waals surface area contributed by atoms with Gasteiger partial charge in [-0.25, -0.2) is 0 Å². The van der Waals surface area contributed by atoms with E-state index in [2.05, 4.69) is 4.90 Å². The van der Waals surface area contributed by atoms with E-state index in [0.717, 1.165) is 57.0 Å². The zero-order chi connectivity index (χ0) is 22.3. The summed E-state index contributed by atoms with van der Waals surface area (Å²) < 4.78 is 22.7. The van der Waals surface area contributed by atoms with Gasteiger partial charge in [0.15, 0.2) is 5.43 Å². The third kappa shape index (κ3) is 5.69. The van der Waals surface area contributed by atoms with E-state index in [4.69, 9.17) is 18.6 Å². The number of nitrogens with zero attached hydrogens (tertiary/aromatic N) is 1. The molecule has 3 aromatic rings. The number of benzene rings is 2. The zero-order valence-corrected chi connectivity index (χ0v) is 18.8. The van der Waals surface area contributed by atoms with Gasteiger partial charge in [-0.05, 0) is 63.1 Å². The van der Waals surface area contributed by atoms with E-state index < -0.39 is 0 Å². The predicted molar refractivity (Wildman–Crippen MR) is 126 cm³/mol. The van der Waals surface area contributed by atoms with Crippen molar-refractivity contribution < 1.29 is 18.6 Å². The highest BCUT2D eigenvalue weighted by molar-refractivity contribution is 5.82. The molecule has 0 saturated carbocycles. The van der Waals surface area contributed by atoms with Gasteiger partial charge < -0.3 is 18.6 Å². The minimum absolute atomic E-state index is 0.0564. The standard InChI is InChI=1S/C26H31NO5/c1-19(2)32-22-9-10-23-25(17-22)31-18-24(26(23)28)20-5-7-21(8-6-20)30-14-4-3-11-27-12-15-29-16-13-27/h5-10,17-19H,3-4,11-16H2,1-2H3. The second-order valence-corrected chi connectivity index (χ2v) is 8.34. The third-order valence-electron chi connectivity index (χ3n) is 5.52. The van der Waals surface area contributed by atoms with Crippen LogP contribution in [0.2, 0.25) is 0 Å².